The summed E-state index contributed by atoms with van der Waals surface area (Å²) in [5.74, 6) is 0. The van der Waals surface area contributed by atoms with Crippen molar-refractivity contribution in [2.24, 2.45) is 0 Å². The van der Waals surface area contributed by atoms with E-state index in [0.717, 1.165) is 13.0 Å². The molecule has 0 rings (SSSR count). The van der Waals surface area contributed by atoms with Crippen molar-refractivity contribution in [2.75, 3.05) is 6.54 Å². The Kier molecular flexibility index (Phi) is 9.42. The monoisotopic (exact) mass is 201 g/mol. The second-order valence-corrected chi connectivity index (χ2v) is 4.38. The lowest BCUT2D eigenvalue weighted by Gasteiger charge is -2.18. The van der Waals surface area contributed by atoms with Crippen molar-refractivity contribution < 1.29 is 5.21 Å². The van der Waals surface area contributed by atoms with Gasteiger partial charge in [-0.15, -0.1) is 0 Å². The average molecular weight is 201 g/mol. The molecule has 2 nitrogen and oxygen atoms in total. The van der Waals surface area contributed by atoms with Crippen molar-refractivity contribution in [3.8, 4) is 0 Å². The van der Waals surface area contributed by atoms with Crippen molar-refractivity contribution in [1.29, 1.82) is 0 Å². The Balaban J connectivity index is 3.06. The van der Waals surface area contributed by atoms with Gasteiger partial charge >= 0.3 is 0 Å². The zero-order valence-corrected chi connectivity index (χ0v) is 10.1. The normalized spacial score (nSPS) is 11.6. The minimum atomic E-state index is 0.259. The first kappa shape index (κ1) is 13.9. The second-order valence-electron chi connectivity index (χ2n) is 4.38. The quantitative estimate of drug-likeness (QED) is 0.452. The van der Waals surface area contributed by atoms with Gasteiger partial charge in [-0.3, -0.25) is 0 Å². The SMILES string of the molecule is CCCCCCCCCN(O)C(C)C. The molecule has 0 unspecified atom stereocenters. The average Bonchev–Trinajstić information content (AvgIpc) is 2.16. The molecule has 0 aliphatic rings. The first-order chi connectivity index (χ1) is 6.68. The molecule has 0 aliphatic carbocycles. The van der Waals surface area contributed by atoms with Crippen LogP contribution >= 0.6 is 0 Å². The Hall–Kier alpha value is -0.0800. The molecule has 0 spiro atoms. The molecule has 1 N–H and O–H groups in total. The maximum absolute atomic E-state index is 9.40. The van der Waals surface area contributed by atoms with Crippen LogP contribution in [0.4, 0.5) is 0 Å². The fraction of sp³-hybridized carbons (Fsp3) is 1.00. The van der Waals surface area contributed by atoms with Gasteiger partial charge in [-0.2, -0.15) is 5.06 Å². The molecule has 0 aromatic heterocycles. The zero-order valence-electron chi connectivity index (χ0n) is 10.1. The molecule has 0 aromatic rings. The summed E-state index contributed by atoms with van der Waals surface area (Å²) in [6.07, 6.45) is 9.14. The number of hydrogen-bond donors (Lipinski definition) is 1. The largest absolute Gasteiger partial charge is 0.314 e. The van der Waals surface area contributed by atoms with Crippen molar-refractivity contribution in [2.45, 2.75) is 71.8 Å². The molecule has 86 valence electrons. The van der Waals surface area contributed by atoms with E-state index in [1.165, 1.54) is 43.6 Å². The smallest absolute Gasteiger partial charge is 0.0293 e. The highest BCUT2D eigenvalue weighted by atomic mass is 16.5. The van der Waals surface area contributed by atoms with Crippen LogP contribution in [0.25, 0.3) is 0 Å². The van der Waals surface area contributed by atoms with E-state index in [4.69, 9.17) is 0 Å². The highest BCUT2D eigenvalue weighted by Crippen LogP contribution is 2.07. The van der Waals surface area contributed by atoms with Gasteiger partial charge in [-0.05, 0) is 20.3 Å². The maximum atomic E-state index is 9.40. The third-order valence-corrected chi connectivity index (χ3v) is 2.59. The summed E-state index contributed by atoms with van der Waals surface area (Å²) >= 11 is 0. The number of nitrogens with zero attached hydrogens (tertiary/aromatic N) is 1. The van der Waals surface area contributed by atoms with Crippen molar-refractivity contribution in [3.63, 3.8) is 0 Å². The van der Waals surface area contributed by atoms with Crippen LogP contribution in [0, 0.1) is 0 Å². The lowest BCUT2D eigenvalue weighted by Crippen LogP contribution is -2.27. The molecule has 0 saturated carbocycles. The Bertz CT molecular complexity index is 115. The van der Waals surface area contributed by atoms with Crippen LogP contribution in [0.2, 0.25) is 0 Å². The van der Waals surface area contributed by atoms with E-state index in [-0.39, 0.29) is 6.04 Å². The molecule has 0 saturated heterocycles. The predicted octanol–water partition coefficient (Wildman–Crippen LogP) is 3.84. The topological polar surface area (TPSA) is 23.5 Å². The molecule has 0 fully saturated rings. The Morgan fingerprint density at radius 1 is 0.929 bits per heavy atom. The zero-order chi connectivity index (χ0) is 10.8. The molecule has 0 aromatic carbocycles. The molecule has 2 heteroatoms. The van der Waals surface area contributed by atoms with Gasteiger partial charge in [0.2, 0.25) is 0 Å². The van der Waals surface area contributed by atoms with Gasteiger partial charge in [-0.1, -0.05) is 45.4 Å². The molecular weight excluding hydrogens is 174 g/mol. The van der Waals surface area contributed by atoms with Crippen LogP contribution in [-0.4, -0.2) is 22.9 Å². The summed E-state index contributed by atoms with van der Waals surface area (Å²) in [7, 11) is 0. The fourth-order valence-electron chi connectivity index (χ4n) is 1.49. The summed E-state index contributed by atoms with van der Waals surface area (Å²) < 4.78 is 0. The number of rotatable bonds is 9. The predicted molar refractivity (Wildman–Crippen MR) is 61.6 cm³/mol. The minimum Gasteiger partial charge on any atom is -0.314 e. The molecule has 0 heterocycles. The van der Waals surface area contributed by atoms with E-state index < -0.39 is 0 Å². The molecule has 14 heavy (non-hydrogen) atoms. The highest BCUT2D eigenvalue weighted by molar-refractivity contribution is 4.52. The van der Waals surface area contributed by atoms with Gasteiger partial charge < -0.3 is 5.21 Å². The van der Waals surface area contributed by atoms with E-state index in [9.17, 15) is 5.21 Å². The van der Waals surface area contributed by atoms with Crippen LogP contribution in [0.15, 0.2) is 0 Å². The first-order valence-corrected chi connectivity index (χ1v) is 6.14. The summed E-state index contributed by atoms with van der Waals surface area (Å²) in [5.41, 5.74) is 0. The molecule has 0 bridgehead atoms. The lowest BCUT2D eigenvalue weighted by atomic mass is 10.1. The van der Waals surface area contributed by atoms with Gasteiger partial charge in [0.05, 0.1) is 0 Å². The van der Waals surface area contributed by atoms with Crippen molar-refractivity contribution >= 4 is 0 Å². The summed E-state index contributed by atoms with van der Waals surface area (Å²) in [6.45, 7) is 7.10. The lowest BCUT2D eigenvalue weighted by molar-refractivity contribution is -0.117. The molecular formula is C12H27NO. The van der Waals surface area contributed by atoms with Gasteiger partial charge in [0.25, 0.3) is 0 Å². The van der Waals surface area contributed by atoms with Crippen LogP contribution in [-0.2, 0) is 0 Å². The van der Waals surface area contributed by atoms with E-state index in [2.05, 4.69) is 6.92 Å². The summed E-state index contributed by atoms with van der Waals surface area (Å²) in [4.78, 5) is 0. The fourth-order valence-corrected chi connectivity index (χ4v) is 1.49. The summed E-state index contributed by atoms with van der Waals surface area (Å²) in [6, 6.07) is 0.259. The van der Waals surface area contributed by atoms with Gasteiger partial charge in [0.15, 0.2) is 0 Å². The third-order valence-electron chi connectivity index (χ3n) is 2.59. The number of unbranched alkanes of at least 4 members (excludes halogenated alkanes) is 6. The molecule has 0 atom stereocenters. The van der Waals surface area contributed by atoms with Crippen LogP contribution in [0.1, 0.15) is 65.7 Å². The van der Waals surface area contributed by atoms with E-state index in [1.807, 2.05) is 13.8 Å². The summed E-state index contributed by atoms with van der Waals surface area (Å²) in [5, 5.41) is 10.8. The highest BCUT2D eigenvalue weighted by Gasteiger charge is 2.03. The second kappa shape index (κ2) is 9.47. The van der Waals surface area contributed by atoms with Crippen LogP contribution < -0.4 is 0 Å². The third kappa shape index (κ3) is 8.52. The van der Waals surface area contributed by atoms with E-state index in [0.29, 0.717) is 0 Å². The van der Waals surface area contributed by atoms with Crippen LogP contribution in [0.3, 0.4) is 0 Å². The molecule has 0 radical (unpaired) electrons. The minimum absolute atomic E-state index is 0.259. The van der Waals surface area contributed by atoms with Crippen molar-refractivity contribution in [3.05, 3.63) is 0 Å². The van der Waals surface area contributed by atoms with E-state index in [1.54, 1.807) is 0 Å². The van der Waals surface area contributed by atoms with E-state index >= 15 is 0 Å². The van der Waals surface area contributed by atoms with Gasteiger partial charge in [0, 0.05) is 12.6 Å². The van der Waals surface area contributed by atoms with Gasteiger partial charge in [0.1, 0.15) is 0 Å². The maximum Gasteiger partial charge on any atom is 0.0293 e. The first-order valence-electron chi connectivity index (χ1n) is 6.14. The standard InChI is InChI=1S/C12H27NO/c1-4-5-6-7-8-9-10-11-13(14)12(2)3/h12,14H,4-11H2,1-3H3. The Morgan fingerprint density at radius 3 is 1.93 bits per heavy atom. The van der Waals surface area contributed by atoms with Gasteiger partial charge in [-0.25, -0.2) is 0 Å². The molecule has 0 aliphatic heterocycles. The molecule has 0 amide bonds. The number of hydroxylamine groups is 2. The Morgan fingerprint density at radius 2 is 1.43 bits per heavy atom. The van der Waals surface area contributed by atoms with Crippen molar-refractivity contribution in [1.82, 2.24) is 5.06 Å². The number of hydrogen-bond acceptors (Lipinski definition) is 2. The Labute approximate surface area is 89.3 Å². The van der Waals surface area contributed by atoms with Crippen LogP contribution in [0.5, 0.6) is 0 Å².